The Hall–Kier alpha value is -1.69. The molecule has 0 N–H and O–H groups in total. The number of rotatable bonds is 8. The van der Waals surface area contributed by atoms with Gasteiger partial charge < -0.3 is 4.57 Å². The van der Waals surface area contributed by atoms with Crippen LogP contribution in [0, 0.1) is 6.92 Å². The van der Waals surface area contributed by atoms with Crippen LogP contribution in [0.3, 0.4) is 0 Å². The lowest BCUT2D eigenvalue weighted by Gasteiger charge is -2.08. The van der Waals surface area contributed by atoms with Crippen molar-refractivity contribution in [3.8, 4) is 0 Å². The zero-order valence-electron chi connectivity index (χ0n) is 14.6. The average Bonchev–Trinajstić information content (AvgIpc) is 3.03. The molecule has 3 aromatic rings. The number of thioether (sulfide) groups is 2. The standard InChI is InChI=1S/C20H20ClN3S2/c1-3-12-24-19(14-25-18-10-4-15(2)5-11-18)22-23-20(24)26-13-16-6-8-17(21)9-7-16/h3-11H,1,12-14H2,2H3. The summed E-state index contributed by atoms with van der Waals surface area (Å²) in [6.07, 6.45) is 1.88. The summed E-state index contributed by atoms with van der Waals surface area (Å²) in [6, 6.07) is 16.4. The van der Waals surface area contributed by atoms with E-state index in [0.29, 0.717) is 6.54 Å². The van der Waals surface area contributed by atoms with Crippen LogP contribution < -0.4 is 0 Å². The van der Waals surface area contributed by atoms with Crippen molar-refractivity contribution in [1.82, 2.24) is 14.8 Å². The molecule has 0 aliphatic carbocycles. The predicted octanol–water partition coefficient (Wildman–Crippen LogP) is 6.01. The minimum absolute atomic E-state index is 0.708. The van der Waals surface area contributed by atoms with Gasteiger partial charge in [0.1, 0.15) is 5.82 Å². The number of hydrogen-bond donors (Lipinski definition) is 0. The van der Waals surface area contributed by atoms with Crippen molar-refractivity contribution < 1.29 is 0 Å². The van der Waals surface area contributed by atoms with Crippen molar-refractivity contribution in [2.24, 2.45) is 0 Å². The molecule has 0 spiro atoms. The number of nitrogens with zero attached hydrogens (tertiary/aromatic N) is 3. The van der Waals surface area contributed by atoms with Gasteiger partial charge in [0, 0.05) is 22.2 Å². The Bertz CT molecular complexity index is 791. The number of hydrogen-bond acceptors (Lipinski definition) is 4. The molecule has 1 aromatic heterocycles. The van der Waals surface area contributed by atoms with Gasteiger partial charge in [0.15, 0.2) is 5.16 Å². The van der Waals surface area contributed by atoms with Crippen molar-refractivity contribution in [2.75, 3.05) is 0 Å². The minimum atomic E-state index is 0.708. The van der Waals surface area contributed by atoms with Gasteiger partial charge in [-0.25, -0.2) is 0 Å². The first-order valence-corrected chi connectivity index (χ1v) is 10.6. The van der Waals surface area contributed by atoms with Crippen LogP contribution in [0.2, 0.25) is 5.02 Å². The van der Waals surface area contributed by atoms with Crippen molar-refractivity contribution in [1.29, 1.82) is 0 Å². The molecule has 3 nitrogen and oxygen atoms in total. The predicted molar refractivity (Wildman–Crippen MR) is 112 cm³/mol. The molecule has 1 heterocycles. The fourth-order valence-electron chi connectivity index (χ4n) is 2.36. The van der Waals surface area contributed by atoms with E-state index in [-0.39, 0.29) is 0 Å². The molecule has 2 aromatic carbocycles. The van der Waals surface area contributed by atoms with Crippen LogP contribution in [-0.2, 0) is 18.1 Å². The smallest absolute Gasteiger partial charge is 0.191 e. The van der Waals surface area contributed by atoms with Crippen molar-refractivity contribution in [3.63, 3.8) is 0 Å². The first kappa shape index (κ1) is 19.1. The van der Waals surface area contributed by atoms with E-state index < -0.39 is 0 Å². The van der Waals surface area contributed by atoms with Gasteiger partial charge in [-0.15, -0.1) is 28.5 Å². The largest absolute Gasteiger partial charge is 0.301 e. The van der Waals surface area contributed by atoms with Crippen LogP contribution in [0.15, 0.2) is 71.2 Å². The van der Waals surface area contributed by atoms with E-state index >= 15 is 0 Å². The second-order valence-corrected chi connectivity index (χ2v) is 8.24. The lowest BCUT2D eigenvalue weighted by molar-refractivity contribution is 0.700. The summed E-state index contributed by atoms with van der Waals surface area (Å²) in [5.74, 6) is 2.58. The molecule has 0 radical (unpaired) electrons. The summed E-state index contributed by atoms with van der Waals surface area (Å²) in [6.45, 7) is 6.67. The topological polar surface area (TPSA) is 30.7 Å². The molecule has 26 heavy (non-hydrogen) atoms. The monoisotopic (exact) mass is 401 g/mol. The molecule has 0 bridgehead atoms. The third-order valence-electron chi connectivity index (χ3n) is 3.78. The molecule has 0 saturated heterocycles. The summed E-state index contributed by atoms with van der Waals surface area (Å²) < 4.78 is 2.13. The fourth-order valence-corrected chi connectivity index (χ4v) is 4.24. The van der Waals surface area contributed by atoms with Crippen LogP contribution in [0.4, 0.5) is 0 Å². The van der Waals surface area contributed by atoms with E-state index in [4.69, 9.17) is 11.6 Å². The van der Waals surface area contributed by atoms with Gasteiger partial charge in [0.2, 0.25) is 0 Å². The molecular formula is C20H20ClN3S2. The van der Waals surface area contributed by atoms with Gasteiger partial charge in [0.05, 0.1) is 5.75 Å². The van der Waals surface area contributed by atoms with Gasteiger partial charge in [-0.05, 0) is 36.8 Å². The van der Waals surface area contributed by atoms with Gasteiger partial charge >= 0.3 is 0 Å². The molecule has 3 rings (SSSR count). The van der Waals surface area contributed by atoms with E-state index in [1.165, 1.54) is 16.0 Å². The SMILES string of the molecule is C=CCn1c(CSc2ccc(C)cc2)nnc1SCc1ccc(Cl)cc1. The summed E-state index contributed by atoms with van der Waals surface area (Å²) in [4.78, 5) is 1.24. The van der Waals surface area contributed by atoms with Gasteiger partial charge in [0.25, 0.3) is 0 Å². The summed E-state index contributed by atoms with van der Waals surface area (Å²) >= 11 is 9.40. The molecule has 0 aliphatic heterocycles. The second-order valence-electron chi connectivity index (χ2n) is 5.81. The van der Waals surface area contributed by atoms with Crippen molar-refractivity contribution in [2.45, 2.75) is 35.0 Å². The van der Waals surface area contributed by atoms with E-state index in [1.54, 1.807) is 23.5 Å². The maximum atomic E-state index is 5.95. The highest BCUT2D eigenvalue weighted by Crippen LogP contribution is 2.27. The Morgan fingerprint density at radius 3 is 2.42 bits per heavy atom. The van der Waals surface area contributed by atoms with E-state index in [9.17, 15) is 0 Å². The molecule has 6 heteroatoms. The number of allylic oxidation sites excluding steroid dienone is 1. The fraction of sp³-hybridized carbons (Fsp3) is 0.200. The second kappa shape index (κ2) is 9.31. The van der Waals surface area contributed by atoms with Gasteiger partial charge in [-0.2, -0.15) is 0 Å². The Kier molecular flexibility index (Phi) is 6.83. The van der Waals surface area contributed by atoms with Crippen LogP contribution in [-0.4, -0.2) is 14.8 Å². The minimum Gasteiger partial charge on any atom is -0.301 e. The van der Waals surface area contributed by atoms with Gasteiger partial charge in [-0.3, -0.25) is 0 Å². The molecule has 0 aliphatic rings. The average molecular weight is 402 g/mol. The Balaban J connectivity index is 1.67. The maximum absolute atomic E-state index is 5.95. The summed E-state index contributed by atoms with van der Waals surface area (Å²) in [7, 11) is 0. The number of benzene rings is 2. The summed E-state index contributed by atoms with van der Waals surface area (Å²) in [5, 5.41) is 10.4. The first-order valence-electron chi connectivity index (χ1n) is 8.25. The van der Waals surface area contributed by atoms with E-state index in [0.717, 1.165) is 27.5 Å². The molecule has 134 valence electrons. The lowest BCUT2D eigenvalue weighted by Crippen LogP contribution is -2.03. The Morgan fingerprint density at radius 1 is 1.00 bits per heavy atom. The normalized spacial score (nSPS) is 10.8. The quantitative estimate of drug-likeness (QED) is 0.341. The molecule has 0 saturated carbocycles. The zero-order chi connectivity index (χ0) is 18.4. The Morgan fingerprint density at radius 2 is 1.73 bits per heavy atom. The van der Waals surface area contributed by atoms with E-state index in [2.05, 4.69) is 52.5 Å². The zero-order valence-corrected chi connectivity index (χ0v) is 16.9. The molecule has 0 unspecified atom stereocenters. The van der Waals surface area contributed by atoms with Crippen LogP contribution >= 0.6 is 35.1 Å². The third-order valence-corrected chi connectivity index (χ3v) is 6.07. The van der Waals surface area contributed by atoms with Crippen LogP contribution in [0.5, 0.6) is 0 Å². The molecular weight excluding hydrogens is 382 g/mol. The van der Waals surface area contributed by atoms with Crippen LogP contribution in [0.1, 0.15) is 17.0 Å². The van der Waals surface area contributed by atoms with Crippen molar-refractivity contribution in [3.05, 3.63) is 83.2 Å². The van der Waals surface area contributed by atoms with E-state index in [1.807, 2.05) is 30.3 Å². The Labute approximate surface area is 167 Å². The van der Waals surface area contributed by atoms with Gasteiger partial charge in [-0.1, -0.05) is 59.3 Å². The molecule has 0 amide bonds. The maximum Gasteiger partial charge on any atom is 0.191 e. The van der Waals surface area contributed by atoms with Crippen molar-refractivity contribution >= 4 is 35.1 Å². The highest BCUT2D eigenvalue weighted by molar-refractivity contribution is 7.98. The number of aromatic nitrogens is 3. The number of halogens is 1. The number of aryl methyl sites for hydroxylation is 1. The third kappa shape index (κ3) is 5.16. The highest BCUT2D eigenvalue weighted by atomic mass is 35.5. The molecule has 0 fully saturated rings. The molecule has 0 atom stereocenters. The first-order chi connectivity index (χ1) is 12.7. The van der Waals surface area contributed by atoms with Crippen LogP contribution in [0.25, 0.3) is 0 Å². The lowest BCUT2D eigenvalue weighted by atomic mass is 10.2. The summed E-state index contributed by atoms with van der Waals surface area (Å²) in [5.41, 5.74) is 2.48. The highest BCUT2D eigenvalue weighted by Gasteiger charge is 2.12.